The summed E-state index contributed by atoms with van der Waals surface area (Å²) >= 11 is 5.32. The van der Waals surface area contributed by atoms with Crippen LogP contribution in [0, 0.1) is 11.6 Å². The number of aryl methyl sites for hydroxylation is 1. The van der Waals surface area contributed by atoms with Gasteiger partial charge in [-0.15, -0.1) is 0 Å². The minimum Gasteiger partial charge on any atom is -0.494 e. The molecule has 0 aliphatic rings. The van der Waals surface area contributed by atoms with Crippen molar-refractivity contribution in [2.75, 3.05) is 7.11 Å². The third kappa shape index (κ3) is 2.81. The predicted octanol–water partition coefficient (Wildman–Crippen LogP) is 3.47. The Morgan fingerprint density at radius 3 is 2.89 bits per heavy atom. The van der Waals surface area contributed by atoms with Crippen LogP contribution in [0.15, 0.2) is 18.3 Å². The van der Waals surface area contributed by atoms with Crippen LogP contribution in [0.1, 0.15) is 24.7 Å². The van der Waals surface area contributed by atoms with Gasteiger partial charge in [0, 0.05) is 18.2 Å². The number of H-pyrrole nitrogens is 1. The van der Waals surface area contributed by atoms with Crippen molar-refractivity contribution in [1.82, 2.24) is 15.0 Å². The molecule has 0 aliphatic carbocycles. The maximum atomic E-state index is 5.36. The summed E-state index contributed by atoms with van der Waals surface area (Å²) in [5.41, 5.74) is 2.58. The summed E-state index contributed by atoms with van der Waals surface area (Å²) in [6, 6.07) is 3.74. The van der Waals surface area contributed by atoms with E-state index >= 15 is 0 Å². The number of rotatable bonds is 4. The lowest BCUT2D eigenvalue weighted by atomic mass is 10.1. The van der Waals surface area contributed by atoms with E-state index in [1.54, 1.807) is 13.3 Å². The molecule has 0 saturated heterocycles. The Bertz CT molecular complexity index is 637. The quantitative estimate of drug-likeness (QED) is 0.868. The van der Waals surface area contributed by atoms with Gasteiger partial charge in [0.25, 0.3) is 0 Å². The highest BCUT2D eigenvalue weighted by Crippen LogP contribution is 2.28. The van der Waals surface area contributed by atoms with Gasteiger partial charge in [0.2, 0.25) is 0 Å². The number of nitrogens with one attached hydrogen (secondary N) is 1. The molecule has 0 saturated carbocycles. The van der Waals surface area contributed by atoms with Crippen LogP contribution in [0.4, 0.5) is 0 Å². The van der Waals surface area contributed by atoms with Crippen molar-refractivity contribution in [3.63, 3.8) is 0 Å². The summed E-state index contributed by atoms with van der Waals surface area (Å²) in [7, 11) is 1.64. The summed E-state index contributed by atoms with van der Waals surface area (Å²) in [4.78, 5) is 12.1. The van der Waals surface area contributed by atoms with E-state index < -0.39 is 0 Å². The average molecular weight is 275 g/mol. The number of nitrogens with zero attached hydrogens (tertiary/aromatic N) is 2. The predicted molar refractivity (Wildman–Crippen MR) is 77.9 cm³/mol. The second-order valence-corrected chi connectivity index (χ2v) is 4.68. The number of ether oxygens (including phenoxy) is 1. The lowest BCUT2D eigenvalue weighted by Gasteiger charge is -2.11. The van der Waals surface area contributed by atoms with Gasteiger partial charge < -0.3 is 9.72 Å². The molecule has 4 nitrogen and oxygen atoms in total. The molecule has 2 heterocycles. The first-order valence-corrected chi connectivity index (χ1v) is 6.67. The van der Waals surface area contributed by atoms with Gasteiger partial charge in [0.15, 0.2) is 0 Å². The van der Waals surface area contributed by atoms with Crippen molar-refractivity contribution < 1.29 is 4.74 Å². The topological polar surface area (TPSA) is 50.8 Å². The molecule has 0 radical (unpaired) electrons. The number of hydrogen-bond acceptors (Lipinski definition) is 4. The highest BCUT2D eigenvalue weighted by Gasteiger charge is 2.12. The second-order valence-electron chi connectivity index (χ2n) is 4.29. The van der Waals surface area contributed by atoms with Gasteiger partial charge in [-0.1, -0.05) is 19.1 Å². The van der Waals surface area contributed by atoms with E-state index in [4.69, 9.17) is 17.0 Å². The monoisotopic (exact) mass is 275 g/mol. The zero-order valence-corrected chi connectivity index (χ0v) is 12.2. The van der Waals surface area contributed by atoms with Crippen molar-refractivity contribution in [2.45, 2.75) is 26.7 Å². The Hall–Kier alpha value is -1.75. The van der Waals surface area contributed by atoms with Gasteiger partial charge in [-0.2, -0.15) is 0 Å². The summed E-state index contributed by atoms with van der Waals surface area (Å²) in [5, 5.41) is 0. The zero-order chi connectivity index (χ0) is 13.8. The Morgan fingerprint density at radius 1 is 1.42 bits per heavy atom. The number of hydrogen-bond donors (Lipinski definition) is 1. The van der Waals surface area contributed by atoms with Crippen LogP contribution in [0.2, 0.25) is 0 Å². The molecule has 0 aromatic carbocycles. The fourth-order valence-electron chi connectivity index (χ4n) is 1.91. The Balaban J connectivity index is 2.63. The van der Waals surface area contributed by atoms with E-state index in [1.165, 1.54) is 0 Å². The molecule has 0 fully saturated rings. The van der Waals surface area contributed by atoms with Crippen LogP contribution in [-0.2, 0) is 6.42 Å². The first-order valence-electron chi connectivity index (χ1n) is 6.26. The minimum atomic E-state index is 0.616. The van der Waals surface area contributed by atoms with E-state index in [0.717, 1.165) is 41.4 Å². The number of aromatic amines is 1. The maximum absolute atomic E-state index is 5.36. The number of methoxy groups -OCH3 is 1. The smallest absolute Gasteiger partial charge is 0.146 e. The summed E-state index contributed by atoms with van der Waals surface area (Å²) in [6.45, 7) is 4.06. The number of pyridine rings is 1. The van der Waals surface area contributed by atoms with Crippen LogP contribution < -0.4 is 4.74 Å². The van der Waals surface area contributed by atoms with Crippen molar-refractivity contribution in [3.8, 4) is 17.1 Å². The van der Waals surface area contributed by atoms with E-state index in [1.807, 2.05) is 19.1 Å². The Labute approximate surface area is 117 Å². The van der Waals surface area contributed by atoms with Gasteiger partial charge in [-0.3, -0.25) is 4.98 Å². The van der Waals surface area contributed by atoms with Gasteiger partial charge in [-0.25, -0.2) is 4.98 Å². The molecule has 0 amide bonds. The van der Waals surface area contributed by atoms with Crippen LogP contribution >= 0.6 is 12.2 Å². The van der Waals surface area contributed by atoms with Gasteiger partial charge >= 0.3 is 0 Å². The minimum absolute atomic E-state index is 0.616. The van der Waals surface area contributed by atoms with Crippen molar-refractivity contribution in [2.24, 2.45) is 0 Å². The van der Waals surface area contributed by atoms with Gasteiger partial charge in [0.05, 0.1) is 12.8 Å². The normalized spacial score (nSPS) is 10.5. The fourth-order valence-corrected chi connectivity index (χ4v) is 2.13. The van der Waals surface area contributed by atoms with Crippen LogP contribution in [0.3, 0.4) is 0 Å². The highest BCUT2D eigenvalue weighted by atomic mass is 32.1. The molecule has 2 aromatic rings. The molecule has 0 atom stereocenters. The fraction of sp³-hybridized carbons (Fsp3) is 0.357. The van der Waals surface area contributed by atoms with Crippen molar-refractivity contribution in [3.05, 3.63) is 34.4 Å². The SMILES string of the molecule is CCCc1nc(=S)c(C)c(-c2ncccc2OC)[nH]1. The highest BCUT2D eigenvalue weighted by molar-refractivity contribution is 7.71. The van der Waals surface area contributed by atoms with E-state index in [-0.39, 0.29) is 0 Å². The molecule has 19 heavy (non-hydrogen) atoms. The van der Waals surface area contributed by atoms with Gasteiger partial charge in [0.1, 0.15) is 21.9 Å². The van der Waals surface area contributed by atoms with Crippen molar-refractivity contribution in [1.29, 1.82) is 0 Å². The average Bonchev–Trinajstić information content (AvgIpc) is 2.43. The lowest BCUT2D eigenvalue weighted by molar-refractivity contribution is 0.414. The molecule has 0 spiro atoms. The molecule has 2 aromatic heterocycles. The summed E-state index contributed by atoms with van der Waals surface area (Å²) < 4.78 is 5.97. The second kappa shape index (κ2) is 5.93. The molecule has 5 heteroatoms. The van der Waals surface area contributed by atoms with Crippen LogP contribution in [-0.4, -0.2) is 22.1 Å². The zero-order valence-electron chi connectivity index (χ0n) is 11.4. The summed E-state index contributed by atoms with van der Waals surface area (Å²) in [5.74, 6) is 1.62. The number of aromatic nitrogens is 3. The first kappa shape index (κ1) is 13.7. The molecule has 0 unspecified atom stereocenters. The summed E-state index contributed by atoms with van der Waals surface area (Å²) in [6.07, 6.45) is 3.63. The molecular weight excluding hydrogens is 258 g/mol. The van der Waals surface area contributed by atoms with Crippen molar-refractivity contribution >= 4 is 12.2 Å². The molecule has 1 N–H and O–H groups in total. The molecule has 2 rings (SSSR count). The third-order valence-electron chi connectivity index (χ3n) is 2.92. The largest absolute Gasteiger partial charge is 0.494 e. The maximum Gasteiger partial charge on any atom is 0.146 e. The molecule has 100 valence electrons. The molecule has 0 aliphatic heterocycles. The molecular formula is C14H17N3OS. The van der Waals surface area contributed by atoms with Crippen LogP contribution in [0.25, 0.3) is 11.4 Å². The van der Waals surface area contributed by atoms with Crippen LogP contribution in [0.5, 0.6) is 5.75 Å². The van der Waals surface area contributed by atoms with E-state index in [9.17, 15) is 0 Å². The standard InChI is InChI=1S/C14H17N3OS/c1-4-6-11-16-12(9(2)14(19)17-11)13-10(18-3)7-5-8-15-13/h5,7-8H,4,6H2,1-3H3,(H,16,17,19). The third-order valence-corrected chi connectivity index (χ3v) is 3.31. The molecule has 0 bridgehead atoms. The Kier molecular flexibility index (Phi) is 4.27. The lowest BCUT2D eigenvalue weighted by Crippen LogP contribution is -2.02. The van der Waals surface area contributed by atoms with Gasteiger partial charge in [-0.05, 0) is 25.5 Å². The first-order chi connectivity index (χ1) is 9.17. The van der Waals surface area contributed by atoms with E-state index in [0.29, 0.717) is 4.64 Å². The Morgan fingerprint density at radius 2 is 2.21 bits per heavy atom. The van der Waals surface area contributed by atoms with E-state index in [2.05, 4.69) is 21.9 Å².